The molecule has 0 atom stereocenters. The molecule has 0 saturated carbocycles. The monoisotopic (exact) mass is 347 g/mol. The minimum absolute atomic E-state index is 0.0993. The van der Waals surface area contributed by atoms with Gasteiger partial charge in [0.15, 0.2) is 5.43 Å². The van der Waals surface area contributed by atoms with Crippen LogP contribution in [0.2, 0.25) is 0 Å². The quantitative estimate of drug-likeness (QED) is 0.580. The third-order valence-corrected chi connectivity index (χ3v) is 3.62. The van der Waals surface area contributed by atoms with E-state index in [1.807, 2.05) is 30.3 Å². The van der Waals surface area contributed by atoms with Crippen molar-refractivity contribution in [1.82, 2.24) is 5.32 Å². The van der Waals surface area contributed by atoms with Crippen LogP contribution in [0.4, 0.5) is 4.79 Å². The number of carbonyl (C=O) groups excluding carboxylic acids is 1. The van der Waals surface area contributed by atoms with Gasteiger partial charge >= 0.3 is 6.09 Å². The van der Waals surface area contributed by atoms with Crippen LogP contribution in [0.5, 0.6) is 0 Å². The summed E-state index contributed by atoms with van der Waals surface area (Å²) in [6.07, 6.45) is 1.37. The van der Waals surface area contributed by atoms with E-state index in [0.29, 0.717) is 23.9 Å². The molecular formula is C21H17NO4. The number of carbonyl (C=O) groups is 1. The van der Waals surface area contributed by atoms with E-state index in [2.05, 4.69) is 17.2 Å². The highest BCUT2D eigenvalue weighted by Gasteiger charge is 2.01. The lowest BCUT2D eigenvalue weighted by Crippen LogP contribution is -2.24. The van der Waals surface area contributed by atoms with Crippen LogP contribution >= 0.6 is 0 Å². The summed E-state index contributed by atoms with van der Waals surface area (Å²) >= 11 is 0. The average Bonchev–Trinajstić information content (AvgIpc) is 2.67. The molecule has 0 aliphatic heterocycles. The van der Waals surface area contributed by atoms with E-state index in [9.17, 15) is 9.59 Å². The summed E-state index contributed by atoms with van der Waals surface area (Å²) in [5.41, 5.74) is 2.09. The van der Waals surface area contributed by atoms with Crippen LogP contribution in [0.1, 0.15) is 17.5 Å². The Kier molecular flexibility index (Phi) is 5.69. The molecule has 0 aliphatic rings. The van der Waals surface area contributed by atoms with Gasteiger partial charge in [0.05, 0.1) is 11.6 Å². The maximum atomic E-state index is 11.8. The van der Waals surface area contributed by atoms with Crippen molar-refractivity contribution in [2.24, 2.45) is 0 Å². The number of fused-ring (bicyclic) bond motifs is 1. The summed E-state index contributed by atoms with van der Waals surface area (Å²) in [7, 11) is 0. The largest absolute Gasteiger partial charge is 0.464 e. The highest BCUT2D eigenvalue weighted by Crippen LogP contribution is 2.11. The molecule has 2 aromatic carbocycles. The van der Waals surface area contributed by atoms with Crippen LogP contribution in [0.15, 0.2) is 70.1 Å². The van der Waals surface area contributed by atoms with Crippen LogP contribution in [0, 0.1) is 11.8 Å². The summed E-state index contributed by atoms with van der Waals surface area (Å²) < 4.78 is 10.4. The molecule has 5 nitrogen and oxygen atoms in total. The topological polar surface area (TPSA) is 68.5 Å². The van der Waals surface area contributed by atoms with Crippen molar-refractivity contribution in [1.29, 1.82) is 0 Å². The average molecular weight is 347 g/mol. The molecule has 1 aromatic heterocycles. The summed E-state index contributed by atoms with van der Waals surface area (Å²) in [4.78, 5) is 23.4. The van der Waals surface area contributed by atoms with Crippen LogP contribution in [0.25, 0.3) is 11.0 Å². The minimum atomic E-state index is -0.473. The predicted molar refractivity (Wildman–Crippen MR) is 98.6 cm³/mol. The van der Waals surface area contributed by atoms with E-state index in [1.54, 1.807) is 18.2 Å². The minimum Gasteiger partial charge on any atom is -0.464 e. The number of hydrogen-bond acceptors (Lipinski definition) is 4. The van der Waals surface area contributed by atoms with Gasteiger partial charge in [-0.05, 0) is 23.8 Å². The first kappa shape index (κ1) is 17.3. The third-order valence-electron chi connectivity index (χ3n) is 3.62. The second-order valence-electron chi connectivity index (χ2n) is 5.54. The third kappa shape index (κ3) is 4.74. The maximum Gasteiger partial charge on any atom is 0.407 e. The van der Waals surface area contributed by atoms with Gasteiger partial charge in [-0.25, -0.2) is 4.79 Å². The fraction of sp³-hybridized carbons (Fsp3) is 0.143. The molecule has 3 rings (SSSR count). The Bertz CT molecular complexity index is 1010. The number of nitrogens with one attached hydrogen (secondary N) is 1. The molecule has 130 valence electrons. The van der Waals surface area contributed by atoms with Crippen LogP contribution in [-0.4, -0.2) is 12.6 Å². The first-order valence-corrected chi connectivity index (χ1v) is 8.17. The molecule has 1 amide bonds. The molecule has 26 heavy (non-hydrogen) atoms. The Labute approximate surface area is 150 Å². The Balaban J connectivity index is 1.46. The van der Waals surface area contributed by atoms with Crippen molar-refractivity contribution >= 4 is 17.1 Å². The molecule has 0 aliphatic carbocycles. The van der Waals surface area contributed by atoms with Crippen molar-refractivity contribution < 1.29 is 13.9 Å². The standard InChI is InChI=1S/C21H17NO4/c23-19-11-13-25-20-10-9-16(14-18(19)20)6-4-5-12-22-21(24)26-15-17-7-2-1-3-8-17/h1-3,7-11,13-14H,5,12,15H2,(H,22,24). The van der Waals surface area contributed by atoms with Gasteiger partial charge in [0.2, 0.25) is 0 Å². The zero-order valence-electron chi connectivity index (χ0n) is 14.0. The van der Waals surface area contributed by atoms with Crippen LogP contribution in [-0.2, 0) is 11.3 Å². The molecule has 0 unspecified atom stereocenters. The molecule has 5 heteroatoms. The van der Waals surface area contributed by atoms with E-state index < -0.39 is 6.09 Å². The van der Waals surface area contributed by atoms with Crippen LogP contribution < -0.4 is 10.7 Å². The van der Waals surface area contributed by atoms with E-state index in [-0.39, 0.29) is 12.0 Å². The van der Waals surface area contributed by atoms with Crippen LogP contribution in [0.3, 0.4) is 0 Å². The molecule has 0 spiro atoms. The second-order valence-corrected chi connectivity index (χ2v) is 5.54. The second kappa shape index (κ2) is 8.54. The van der Waals surface area contributed by atoms with Gasteiger partial charge in [-0.2, -0.15) is 0 Å². The smallest absolute Gasteiger partial charge is 0.407 e. The summed E-state index contributed by atoms with van der Waals surface area (Å²) in [5, 5.41) is 3.15. The number of hydrogen-bond donors (Lipinski definition) is 1. The van der Waals surface area contributed by atoms with Crippen molar-refractivity contribution in [3.05, 3.63) is 82.2 Å². The van der Waals surface area contributed by atoms with Gasteiger partial charge in [-0.1, -0.05) is 42.2 Å². The number of amides is 1. The molecular weight excluding hydrogens is 330 g/mol. The Hall–Kier alpha value is -3.52. The van der Waals surface area contributed by atoms with Gasteiger partial charge in [0, 0.05) is 24.6 Å². The number of alkyl carbamates (subject to hydrolysis) is 1. The molecule has 3 aromatic rings. The molecule has 0 saturated heterocycles. The first-order valence-electron chi connectivity index (χ1n) is 8.17. The van der Waals surface area contributed by atoms with Crippen molar-refractivity contribution in [2.45, 2.75) is 13.0 Å². The molecule has 0 radical (unpaired) electrons. The first-order chi connectivity index (χ1) is 12.7. The van der Waals surface area contributed by atoms with Gasteiger partial charge in [-0.3, -0.25) is 4.79 Å². The van der Waals surface area contributed by atoms with E-state index >= 15 is 0 Å². The lowest BCUT2D eigenvalue weighted by molar-refractivity contribution is 0.140. The number of benzene rings is 2. The SMILES string of the molecule is O=C(NCCC#Cc1ccc2occc(=O)c2c1)OCc1ccccc1. The van der Waals surface area contributed by atoms with Crippen molar-refractivity contribution in [3.8, 4) is 11.8 Å². The van der Waals surface area contributed by atoms with Crippen molar-refractivity contribution in [2.75, 3.05) is 6.54 Å². The molecule has 1 heterocycles. The summed E-state index contributed by atoms with van der Waals surface area (Å²) in [6.45, 7) is 0.619. The fourth-order valence-corrected chi connectivity index (χ4v) is 2.33. The Morgan fingerprint density at radius 1 is 1.12 bits per heavy atom. The zero-order chi connectivity index (χ0) is 18.2. The highest BCUT2D eigenvalue weighted by molar-refractivity contribution is 5.77. The lowest BCUT2D eigenvalue weighted by atomic mass is 10.1. The Morgan fingerprint density at radius 2 is 1.96 bits per heavy atom. The molecule has 0 fully saturated rings. The summed E-state index contributed by atoms with van der Waals surface area (Å²) in [6, 6.07) is 16.1. The van der Waals surface area contributed by atoms with Gasteiger partial charge < -0.3 is 14.5 Å². The molecule has 1 N–H and O–H groups in total. The van der Waals surface area contributed by atoms with E-state index in [0.717, 1.165) is 11.1 Å². The van der Waals surface area contributed by atoms with E-state index in [4.69, 9.17) is 9.15 Å². The normalized spacial score (nSPS) is 10.0. The van der Waals surface area contributed by atoms with E-state index in [1.165, 1.54) is 12.3 Å². The Morgan fingerprint density at radius 3 is 2.81 bits per heavy atom. The fourth-order valence-electron chi connectivity index (χ4n) is 2.33. The maximum absolute atomic E-state index is 11.8. The highest BCUT2D eigenvalue weighted by atomic mass is 16.5. The zero-order valence-corrected chi connectivity index (χ0v) is 14.0. The van der Waals surface area contributed by atoms with Gasteiger partial charge in [-0.15, -0.1) is 0 Å². The number of rotatable bonds is 4. The van der Waals surface area contributed by atoms with Gasteiger partial charge in [0.1, 0.15) is 12.2 Å². The number of ether oxygens (including phenoxy) is 1. The van der Waals surface area contributed by atoms with Gasteiger partial charge in [0.25, 0.3) is 0 Å². The predicted octanol–water partition coefficient (Wildman–Crippen LogP) is 3.46. The van der Waals surface area contributed by atoms with Crippen molar-refractivity contribution in [3.63, 3.8) is 0 Å². The summed E-state index contributed by atoms with van der Waals surface area (Å²) in [5.74, 6) is 5.93. The lowest BCUT2D eigenvalue weighted by Gasteiger charge is -2.05. The molecule has 0 bridgehead atoms.